The molecule has 0 aromatic heterocycles. The molecule has 7 heteroatoms. The Bertz CT molecular complexity index is 852. The topological polar surface area (TPSA) is 75.2 Å². The van der Waals surface area contributed by atoms with Gasteiger partial charge in [-0.05, 0) is 41.8 Å². The molecule has 0 radical (unpaired) electrons. The normalized spacial score (nSPS) is 11.0. The predicted octanol–water partition coefficient (Wildman–Crippen LogP) is 2.31. The predicted molar refractivity (Wildman–Crippen MR) is 116 cm³/mol. The third kappa shape index (κ3) is 6.14. The molecular weight excluding hydrogens is 368 g/mol. The summed E-state index contributed by atoms with van der Waals surface area (Å²) in [6, 6.07) is 13.5. The van der Waals surface area contributed by atoms with Crippen molar-refractivity contribution in [2.75, 3.05) is 41.9 Å². The highest BCUT2D eigenvalue weighted by Gasteiger charge is 2.09. The van der Waals surface area contributed by atoms with Crippen LogP contribution in [0.1, 0.15) is 21.5 Å². The van der Waals surface area contributed by atoms with E-state index < -0.39 is 0 Å². The Kier molecular flexibility index (Phi) is 8.33. The van der Waals surface area contributed by atoms with Gasteiger partial charge >= 0.3 is 0 Å². The van der Waals surface area contributed by atoms with Crippen molar-refractivity contribution in [2.24, 2.45) is 4.99 Å². The molecule has 2 rings (SSSR count). The van der Waals surface area contributed by atoms with Gasteiger partial charge in [0.15, 0.2) is 17.5 Å². The van der Waals surface area contributed by atoms with Crippen LogP contribution in [-0.2, 0) is 13.0 Å². The summed E-state index contributed by atoms with van der Waals surface area (Å²) in [5.41, 5.74) is 2.81. The average Bonchev–Trinajstić information content (AvgIpc) is 2.77. The first-order valence-electron chi connectivity index (χ1n) is 9.46. The fourth-order valence-corrected chi connectivity index (χ4v) is 2.97. The molecule has 0 aliphatic heterocycles. The first-order chi connectivity index (χ1) is 14.0. The average molecular weight is 399 g/mol. The van der Waals surface area contributed by atoms with Crippen LogP contribution in [0.5, 0.6) is 11.5 Å². The Labute approximate surface area is 172 Å². The third-order valence-electron chi connectivity index (χ3n) is 4.62. The van der Waals surface area contributed by atoms with Crippen LogP contribution in [0.15, 0.2) is 47.5 Å². The van der Waals surface area contributed by atoms with Crippen molar-refractivity contribution < 1.29 is 14.3 Å². The number of aliphatic imine (C=N–C) groups is 1. The van der Waals surface area contributed by atoms with E-state index in [0.29, 0.717) is 12.1 Å². The Morgan fingerprint density at radius 3 is 2.48 bits per heavy atom. The number of guanidine groups is 1. The van der Waals surface area contributed by atoms with Crippen LogP contribution in [-0.4, -0.2) is 58.7 Å². The van der Waals surface area contributed by atoms with E-state index in [1.165, 1.54) is 0 Å². The van der Waals surface area contributed by atoms with Crippen LogP contribution in [0, 0.1) is 0 Å². The standard InChI is InChI=1S/C22H30N4O3/c1-23-21(27)18-8-6-7-17(13-18)15-25-22(24-2)26(3)12-11-16-9-10-19(28-4)20(14-16)29-5/h6-10,13-14H,11-12,15H2,1-5H3,(H,23,27)(H,24,25). The van der Waals surface area contributed by atoms with Crippen molar-refractivity contribution in [3.63, 3.8) is 0 Å². The third-order valence-corrected chi connectivity index (χ3v) is 4.62. The van der Waals surface area contributed by atoms with Gasteiger partial charge < -0.3 is 25.0 Å². The van der Waals surface area contributed by atoms with Crippen molar-refractivity contribution >= 4 is 11.9 Å². The fourth-order valence-electron chi connectivity index (χ4n) is 2.97. The molecule has 1 amide bonds. The van der Waals surface area contributed by atoms with Gasteiger partial charge in [0.25, 0.3) is 5.91 Å². The van der Waals surface area contributed by atoms with E-state index in [1.54, 1.807) is 34.4 Å². The molecule has 7 nitrogen and oxygen atoms in total. The summed E-state index contributed by atoms with van der Waals surface area (Å²) in [5.74, 6) is 2.14. The summed E-state index contributed by atoms with van der Waals surface area (Å²) in [4.78, 5) is 18.2. The van der Waals surface area contributed by atoms with Gasteiger partial charge in [-0.1, -0.05) is 18.2 Å². The van der Waals surface area contributed by atoms with Gasteiger partial charge in [-0.25, -0.2) is 0 Å². The second-order valence-electron chi connectivity index (χ2n) is 6.54. The van der Waals surface area contributed by atoms with Crippen molar-refractivity contribution in [3.05, 3.63) is 59.2 Å². The largest absolute Gasteiger partial charge is 0.493 e. The highest BCUT2D eigenvalue weighted by atomic mass is 16.5. The zero-order valence-corrected chi connectivity index (χ0v) is 17.8. The lowest BCUT2D eigenvalue weighted by molar-refractivity contribution is 0.0963. The zero-order valence-electron chi connectivity index (χ0n) is 17.8. The molecule has 0 spiro atoms. The summed E-state index contributed by atoms with van der Waals surface area (Å²) < 4.78 is 10.7. The van der Waals surface area contributed by atoms with Crippen LogP contribution in [0.3, 0.4) is 0 Å². The number of hydrogen-bond donors (Lipinski definition) is 2. The number of rotatable bonds is 8. The summed E-state index contributed by atoms with van der Waals surface area (Å²) in [6.45, 7) is 1.37. The lowest BCUT2D eigenvalue weighted by Gasteiger charge is -2.22. The highest BCUT2D eigenvalue weighted by Crippen LogP contribution is 2.27. The van der Waals surface area contributed by atoms with Crippen molar-refractivity contribution in [1.82, 2.24) is 15.5 Å². The molecule has 29 heavy (non-hydrogen) atoms. The molecule has 2 aromatic rings. The van der Waals surface area contributed by atoms with E-state index >= 15 is 0 Å². The van der Waals surface area contributed by atoms with E-state index in [0.717, 1.165) is 41.6 Å². The summed E-state index contributed by atoms with van der Waals surface area (Å²) >= 11 is 0. The Morgan fingerprint density at radius 2 is 1.83 bits per heavy atom. The molecule has 156 valence electrons. The van der Waals surface area contributed by atoms with E-state index in [2.05, 4.69) is 20.5 Å². The SMILES string of the molecule is CN=C(NCc1cccc(C(=O)NC)c1)N(C)CCc1ccc(OC)c(OC)c1. The molecule has 0 fully saturated rings. The van der Waals surface area contributed by atoms with Crippen LogP contribution >= 0.6 is 0 Å². The maximum absolute atomic E-state index is 11.8. The van der Waals surface area contributed by atoms with Crippen LogP contribution in [0.4, 0.5) is 0 Å². The van der Waals surface area contributed by atoms with Gasteiger partial charge in [0.2, 0.25) is 0 Å². The lowest BCUT2D eigenvalue weighted by atomic mass is 10.1. The number of methoxy groups -OCH3 is 2. The van der Waals surface area contributed by atoms with Crippen molar-refractivity contribution in [2.45, 2.75) is 13.0 Å². The minimum absolute atomic E-state index is 0.0942. The van der Waals surface area contributed by atoms with Crippen LogP contribution in [0.25, 0.3) is 0 Å². The minimum atomic E-state index is -0.0942. The monoisotopic (exact) mass is 398 g/mol. The number of hydrogen-bond acceptors (Lipinski definition) is 4. The van der Waals surface area contributed by atoms with E-state index in [-0.39, 0.29) is 5.91 Å². The molecule has 0 heterocycles. The Hall–Kier alpha value is -3.22. The summed E-state index contributed by atoms with van der Waals surface area (Å²) in [7, 11) is 8.65. The smallest absolute Gasteiger partial charge is 0.251 e. The Balaban J connectivity index is 1.94. The number of likely N-dealkylation sites (N-methyl/N-ethyl adjacent to an activating group) is 1. The molecule has 0 saturated carbocycles. The van der Waals surface area contributed by atoms with Gasteiger partial charge in [-0.2, -0.15) is 0 Å². The first-order valence-corrected chi connectivity index (χ1v) is 9.46. The number of benzene rings is 2. The molecule has 2 aromatic carbocycles. The summed E-state index contributed by atoms with van der Waals surface area (Å²) in [6.07, 6.45) is 0.837. The van der Waals surface area contributed by atoms with Gasteiger partial charge in [0.1, 0.15) is 0 Å². The zero-order chi connectivity index (χ0) is 21.2. The number of carbonyl (C=O) groups is 1. The molecule has 0 bridgehead atoms. The van der Waals surface area contributed by atoms with Gasteiger partial charge in [-0.3, -0.25) is 9.79 Å². The molecular formula is C22H30N4O3. The number of nitrogens with one attached hydrogen (secondary N) is 2. The van der Waals surface area contributed by atoms with Crippen molar-refractivity contribution in [1.29, 1.82) is 0 Å². The maximum Gasteiger partial charge on any atom is 0.251 e. The van der Waals surface area contributed by atoms with Crippen molar-refractivity contribution in [3.8, 4) is 11.5 Å². The molecule has 2 N–H and O–H groups in total. The maximum atomic E-state index is 11.8. The first kappa shape index (κ1) is 22.1. The second-order valence-corrected chi connectivity index (χ2v) is 6.54. The van der Waals surface area contributed by atoms with Crippen LogP contribution < -0.4 is 20.1 Å². The Morgan fingerprint density at radius 1 is 1.07 bits per heavy atom. The van der Waals surface area contributed by atoms with Gasteiger partial charge in [0, 0.05) is 39.8 Å². The lowest BCUT2D eigenvalue weighted by Crippen LogP contribution is -2.39. The van der Waals surface area contributed by atoms with E-state index in [4.69, 9.17) is 9.47 Å². The molecule has 0 aliphatic rings. The minimum Gasteiger partial charge on any atom is -0.493 e. The van der Waals surface area contributed by atoms with Crippen LogP contribution in [0.2, 0.25) is 0 Å². The van der Waals surface area contributed by atoms with E-state index in [9.17, 15) is 4.79 Å². The molecule has 0 saturated heterocycles. The quantitative estimate of drug-likeness (QED) is 0.527. The summed E-state index contributed by atoms with van der Waals surface area (Å²) in [5, 5.41) is 5.99. The van der Waals surface area contributed by atoms with Gasteiger partial charge in [0.05, 0.1) is 14.2 Å². The molecule has 0 unspecified atom stereocenters. The fraction of sp³-hybridized carbons (Fsp3) is 0.364. The number of carbonyl (C=O) groups excluding carboxylic acids is 1. The number of amides is 1. The van der Waals surface area contributed by atoms with E-state index in [1.807, 2.05) is 43.4 Å². The highest BCUT2D eigenvalue weighted by molar-refractivity contribution is 5.94. The number of ether oxygens (including phenoxy) is 2. The number of nitrogens with zero attached hydrogens (tertiary/aromatic N) is 2. The molecule has 0 atom stereocenters. The molecule has 0 aliphatic carbocycles. The second kappa shape index (κ2) is 10.9. The van der Waals surface area contributed by atoms with Gasteiger partial charge in [-0.15, -0.1) is 0 Å².